The fourth-order valence-electron chi connectivity index (χ4n) is 1.97. The molecule has 1 aromatic carbocycles. The Hall–Kier alpha value is -2.10. The van der Waals surface area contributed by atoms with Crippen LogP contribution >= 0.6 is 0 Å². The van der Waals surface area contributed by atoms with Crippen molar-refractivity contribution in [3.8, 4) is 11.4 Å². The zero-order valence-corrected chi connectivity index (χ0v) is 10.8. The fraction of sp³-hybridized carbons (Fsp3) is 0.286. The third-order valence-corrected chi connectivity index (χ3v) is 2.86. The second kappa shape index (κ2) is 5.04. The van der Waals surface area contributed by atoms with Crippen LogP contribution in [0.25, 0.3) is 5.69 Å². The van der Waals surface area contributed by atoms with E-state index < -0.39 is 0 Å². The summed E-state index contributed by atoms with van der Waals surface area (Å²) >= 11 is 0. The van der Waals surface area contributed by atoms with Gasteiger partial charge in [-0.25, -0.2) is 4.68 Å². The molecule has 1 heterocycles. The Labute approximate surface area is 106 Å². The molecule has 0 radical (unpaired) electrons. The van der Waals surface area contributed by atoms with E-state index in [0.29, 0.717) is 12.2 Å². The van der Waals surface area contributed by atoms with Crippen molar-refractivity contribution < 1.29 is 9.53 Å². The molecule has 94 valence electrons. The molecule has 0 bridgehead atoms. The van der Waals surface area contributed by atoms with Crippen LogP contribution in [0.4, 0.5) is 0 Å². The largest absolute Gasteiger partial charge is 0.492 e. The van der Waals surface area contributed by atoms with Gasteiger partial charge in [-0.3, -0.25) is 4.79 Å². The molecule has 0 spiro atoms. The standard InChI is InChI=1S/C14H16N2O2/c1-4-18-14-8-6-5-7-13(14)16-11(3)12(9-17)10(2)15-16/h5-9H,4H2,1-3H3. The lowest BCUT2D eigenvalue weighted by Gasteiger charge is -2.11. The summed E-state index contributed by atoms with van der Waals surface area (Å²) in [4.78, 5) is 11.0. The number of rotatable bonds is 4. The monoisotopic (exact) mass is 244 g/mol. The van der Waals surface area contributed by atoms with Crippen molar-refractivity contribution in [2.24, 2.45) is 0 Å². The van der Waals surface area contributed by atoms with Crippen LogP contribution in [0, 0.1) is 13.8 Å². The summed E-state index contributed by atoms with van der Waals surface area (Å²) < 4.78 is 7.33. The summed E-state index contributed by atoms with van der Waals surface area (Å²) in [6, 6.07) is 7.67. The average molecular weight is 244 g/mol. The highest BCUT2D eigenvalue weighted by molar-refractivity contribution is 5.78. The van der Waals surface area contributed by atoms with Gasteiger partial charge in [0.15, 0.2) is 6.29 Å². The van der Waals surface area contributed by atoms with Crippen molar-refractivity contribution in [2.75, 3.05) is 6.61 Å². The molecule has 0 amide bonds. The number of hydrogen-bond acceptors (Lipinski definition) is 3. The number of nitrogens with zero attached hydrogens (tertiary/aromatic N) is 2. The van der Waals surface area contributed by atoms with Crippen molar-refractivity contribution >= 4 is 6.29 Å². The number of benzene rings is 1. The van der Waals surface area contributed by atoms with Crippen molar-refractivity contribution in [1.29, 1.82) is 0 Å². The Kier molecular flexibility index (Phi) is 3.46. The lowest BCUT2D eigenvalue weighted by Crippen LogP contribution is -2.03. The van der Waals surface area contributed by atoms with E-state index in [4.69, 9.17) is 4.74 Å². The highest BCUT2D eigenvalue weighted by Crippen LogP contribution is 2.25. The highest BCUT2D eigenvalue weighted by atomic mass is 16.5. The molecule has 4 nitrogen and oxygen atoms in total. The summed E-state index contributed by atoms with van der Waals surface area (Å²) in [6.45, 7) is 6.24. The molecule has 0 saturated heterocycles. The van der Waals surface area contributed by atoms with Crippen LogP contribution in [0.3, 0.4) is 0 Å². The molecule has 0 aliphatic rings. The topological polar surface area (TPSA) is 44.1 Å². The van der Waals surface area contributed by atoms with Gasteiger partial charge in [-0.2, -0.15) is 5.10 Å². The van der Waals surface area contributed by atoms with E-state index in [2.05, 4.69) is 5.10 Å². The zero-order valence-electron chi connectivity index (χ0n) is 10.8. The number of hydrogen-bond donors (Lipinski definition) is 0. The van der Waals surface area contributed by atoms with Gasteiger partial charge in [0.2, 0.25) is 0 Å². The summed E-state index contributed by atoms with van der Waals surface area (Å²) in [6.07, 6.45) is 0.845. The molecular formula is C14H16N2O2. The summed E-state index contributed by atoms with van der Waals surface area (Å²) in [5, 5.41) is 4.40. The number of aryl methyl sites for hydroxylation is 1. The Balaban J connectivity index is 2.58. The summed E-state index contributed by atoms with van der Waals surface area (Å²) in [5.74, 6) is 0.767. The van der Waals surface area contributed by atoms with Crippen LogP contribution in [-0.4, -0.2) is 22.7 Å². The minimum Gasteiger partial charge on any atom is -0.492 e. The number of ether oxygens (including phenoxy) is 1. The maximum Gasteiger partial charge on any atom is 0.153 e. The van der Waals surface area contributed by atoms with Crippen LogP contribution in [0.1, 0.15) is 28.7 Å². The Morgan fingerprint density at radius 2 is 2.06 bits per heavy atom. The molecule has 0 saturated carbocycles. The predicted octanol–water partition coefficient (Wildman–Crippen LogP) is 2.70. The minimum absolute atomic E-state index is 0.594. The molecule has 0 fully saturated rings. The molecule has 0 unspecified atom stereocenters. The van der Waals surface area contributed by atoms with Crippen molar-refractivity contribution in [2.45, 2.75) is 20.8 Å². The Bertz CT molecular complexity index is 573. The van der Waals surface area contributed by atoms with E-state index in [1.807, 2.05) is 45.0 Å². The lowest BCUT2D eigenvalue weighted by atomic mass is 10.2. The van der Waals surface area contributed by atoms with E-state index in [-0.39, 0.29) is 0 Å². The van der Waals surface area contributed by atoms with Crippen LogP contribution in [0.15, 0.2) is 24.3 Å². The van der Waals surface area contributed by atoms with Gasteiger partial charge in [0, 0.05) is 0 Å². The van der Waals surface area contributed by atoms with Gasteiger partial charge in [0.1, 0.15) is 11.4 Å². The van der Waals surface area contributed by atoms with Gasteiger partial charge >= 0.3 is 0 Å². The molecular weight excluding hydrogens is 228 g/mol. The molecule has 0 N–H and O–H groups in total. The molecule has 0 atom stereocenters. The second-order valence-electron chi connectivity index (χ2n) is 4.01. The molecule has 0 aliphatic heterocycles. The number of para-hydroxylation sites is 2. The molecule has 4 heteroatoms. The minimum atomic E-state index is 0.594. The van der Waals surface area contributed by atoms with Gasteiger partial charge in [-0.1, -0.05) is 12.1 Å². The van der Waals surface area contributed by atoms with Crippen LogP contribution < -0.4 is 4.74 Å². The smallest absolute Gasteiger partial charge is 0.153 e. The van der Waals surface area contributed by atoms with Gasteiger partial charge in [0.25, 0.3) is 0 Å². The number of carbonyl (C=O) groups excluding carboxylic acids is 1. The van der Waals surface area contributed by atoms with E-state index in [0.717, 1.165) is 29.1 Å². The molecule has 2 rings (SSSR count). The van der Waals surface area contributed by atoms with E-state index in [1.165, 1.54) is 0 Å². The van der Waals surface area contributed by atoms with Gasteiger partial charge < -0.3 is 4.74 Å². The first-order chi connectivity index (χ1) is 8.69. The molecule has 2 aromatic rings. The maximum absolute atomic E-state index is 11.0. The lowest BCUT2D eigenvalue weighted by molar-refractivity contribution is 0.112. The predicted molar refractivity (Wildman–Crippen MR) is 69.6 cm³/mol. The summed E-state index contributed by atoms with van der Waals surface area (Å²) in [7, 11) is 0. The highest BCUT2D eigenvalue weighted by Gasteiger charge is 2.14. The van der Waals surface area contributed by atoms with E-state index >= 15 is 0 Å². The average Bonchev–Trinajstić information content (AvgIpc) is 2.65. The van der Waals surface area contributed by atoms with Crippen LogP contribution in [-0.2, 0) is 0 Å². The molecule has 0 aliphatic carbocycles. The molecule has 1 aromatic heterocycles. The van der Waals surface area contributed by atoms with Crippen molar-refractivity contribution in [3.05, 3.63) is 41.2 Å². The van der Waals surface area contributed by atoms with Crippen molar-refractivity contribution in [3.63, 3.8) is 0 Å². The van der Waals surface area contributed by atoms with Gasteiger partial charge in [0.05, 0.1) is 23.6 Å². The first kappa shape index (κ1) is 12.4. The zero-order chi connectivity index (χ0) is 13.1. The quantitative estimate of drug-likeness (QED) is 0.777. The SMILES string of the molecule is CCOc1ccccc1-n1nc(C)c(C=O)c1C. The number of carbonyl (C=O) groups is 1. The Morgan fingerprint density at radius 3 is 2.67 bits per heavy atom. The first-order valence-electron chi connectivity index (χ1n) is 5.92. The first-order valence-corrected chi connectivity index (χ1v) is 5.92. The Morgan fingerprint density at radius 1 is 1.33 bits per heavy atom. The normalized spacial score (nSPS) is 10.4. The second-order valence-corrected chi connectivity index (χ2v) is 4.01. The van der Waals surface area contributed by atoms with Crippen LogP contribution in [0.5, 0.6) is 5.75 Å². The van der Waals surface area contributed by atoms with Crippen molar-refractivity contribution in [1.82, 2.24) is 9.78 Å². The molecule has 18 heavy (non-hydrogen) atoms. The maximum atomic E-state index is 11.0. The summed E-state index contributed by atoms with van der Waals surface area (Å²) in [5.41, 5.74) is 3.05. The third kappa shape index (κ3) is 2.01. The van der Waals surface area contributed by atoms with Gasteiger partial charge in [-0.05, 0) is 32.9 Å². The van der Waals surface area contributed by atoms with E-state index in [9.17, 15) is 4.79 Å². The van der Waals surface area contributed by atoms with Crippen LogP contribution in [0.2, 0.25) is 0 Å². The fourth-order valence-corrected chi connectivity index (χ4v) is 1.97. The van der Waals surface area contributed by atoms with Gasteiger partial charge in [-0.15, -0.1) is 0 Å². The number of aldehydes is 1. The number of aromatic nitrogens is 2. The van der Waals surface area contributed by atoms with E-state index in [1.54, 1.807) is 4.68 Å². The third-order valence-electron chi connectivity index (χ3n) is 2.86.